The van der Waals surface area contributed by atoms with Crippen LogP contribution in [0.2, 0.25) is 0 Å². The van der Waals surface area contributed by atoms with Gasteiger partial charge >= 0.3 is 0 Å². The van der Waals surface area contributed by atoms with E-state index in [0.717, 1.165) is 15.6 Å². The van der Waals surface area contributed by atoms with Gasteiger partial charge in [0.2, 0.25) is 10.0 Å². The molecule has 2 rings (SSSR count). The first-order valence-electron chi connectivity index (χ1n) is 6.00. The molecule has 1 saturated heterocycles. The quantitative estimate of drug-likeness (QED) is 0.770. The van der Waals surface area contributed by atoms with Gasteiger partial charge in [-0.2, -0.15) is 4.31 Å². The van der Waals surface area contributed by atoms with Crippen LogP contribution in [0, 0.1) is 0 Å². The molecule has 0 amide bonds. The number of halogens is 2. The van der Waals surface area contributed by atoms with Crippen molar-refractivity contribution in [2.24, 2.45) is 4.99 Å². The van der Waals surface area contributed by atoms with Gasteiger partial charge in [0.05, 0.1) is 19.1 Å². The molecule has 0 aromatic heterocycles. The van der Waals surface area contributed by atoms with E-state index in [1.54, 1.807) is 11.8 Å². The Labute approximate surface area is 111 Å². The summed E-state index contributed by atoms with van der Waals surface area (Å²) in [6.07, 6.45) is -2.67. The third-order valence-electron chi connectivity index (χ3n) is 3.53. The standard InChI is InChI=1S/C11H17F2N3O2S/c1-7-8(2)14-9(3)16-6-19(17,18)15(4-10(7)16)5-11(12)13/h8,11H,4-6H2,1-3H3/t8-/m0/s1. The van der Waals surface area contributed by atoms with Crippen LogP contribution in [-0.2, 0) is 10.0 Å². The van der Waals surface area contributed by atoms with E-state index < -0.39 is 23.0 Å². The predicted molar refractivity (Wildman–Crippen MR) is 68.5 cm³/mol. The molecule has 0 aromatic rings. The van der Waals surface area contributed by atoms with E-state index in [9.17, 15) is 17.2 Å². The topological polar surface area (TPSA) is 53.0 Å². The highest BCUT2D eigenvalue weighted by molar-refractivity contribution is 7.89. The molecule has 0 spiro atoms. The molecule has 0 aliphatic carbocycles. The van der Waals surface area contributed by atoms with Crippen molar-refractivity contribution in [2.45, 2.75) is 33.2 Å². The van der Waals surface area contributed by atoms with Crippen LogP contribution in [0.25, 0.3) is 0 Å². The van der Waals surface area contributed by atoms with Gasteiger partial charge in [0.1, 0.15) is 11.7 Å². The molecule has 5 nitrogen and oxygen atoms in total. The van der Waals surface area contributed by atoms with Crippen LogP contribution < -0.4 is 0 Å². The molecule has 2 aliphatic heterocycles. The molecule has 0 unspecified atom stereocenters. The summed E-state index contributed by atoms with van der Waals surface area (Å²) >= 11 is 0. The molecular weight excluding hydrogens is 276 g/mol. The van der Waals surface area contributed by atoms with Crippen molar-refractivity contribution < 1.29 is 17.2 Å². The van der Waals surface area contributed by atoms with Crippen molar-refractivity contribution >= 4 is 15.9 Å². The maximum atomic E-state index is 12.5. The summed E-state index contributed by atoms with van der Waals surface area (Å²) in [6, 6.07) is -0.0412. The third kappa shape index (κ3) is 2.64. The first-order valence-corrected chi connectivity index (χ1v) is 7.61. The summed E-state index contributed by atoms with van der Waals surface area (Å²) in [6.45, 7) is 4.75. The zero-order valence-corrected chi connectivity index (χ0v) is 11.9. The zero-order chi connectivity index (χ0) is 14.4. The van der Waals surface area contributed by atoms with Gasteiger partial charge in [-0.05, 0) is 26.3 Å². The molecule has 0 aromatic carbocycles. The number of fused-ring (bicyclic) bond motifs is 1. The number of alkyl halides is 2. The lowest BCUT2D eigenvalue weighted by atomic mass is 10.1. The van der Waals surface area contributed by atoms with Crippen molar-refractivity contribution in [1.29, 1.82) is 0 Å². The molecule has 1 fully saturated rings. The molecule has 0 radical (unpaired) electrons. The second kappa shape index (κ2) is 4.82. The normalized spacial score (nSPS) is 27.6. The average Bonchev–Trinajstić information content (AvgIpc) is 2.27. The van der Waals surface area contributed by atoms with Gasteiger partial charge in [-0.1, -0.05) is 0 Å². The van der Waals surface area contributed by atoms with Crippen LogP contribution in [-0.4, -0.2) is 54.9 Å². The van der Waals surface area contributed by atoms with Crippen LogP contribution in [0.4, 0.5) is 8.78 Å². The summed E-state index contributed by atoms with van der Waals surface area (Å²) in [5, 5.41) is 0. The monoisotopic (exact) mass is 293 g/mol. The lowest BCUT2D eigenvalue weighted by molar-refractivity contribution is 0.118. The highest BCUT2D eigenvalue weighted by Crippen LogP contribution is 2.28. The van der Waals surface area contributed by atoms with Crippen LogP contribution >= 0.6 is 0 Å². The third-order valence-corrected chi connectivity index (χ3v) is 5.18. The minimum atomic E-state index is -3.70. The Balaban J connectivity index is 2.36. The Bertz CT molecular complexity index is 542. The van der Waals surface area contributed by atoms with Crippen LogP contribution in [0.5, 0.6) is 0 Å². The van der Waals surface area contributed by atoms with Crippen molar-refractivity contribution in [2.75, 3.05) is 19.0 Å². The van der Waals surface area contributed by atoms with E-state index in [1.165, 1.54) is 0 Å². The molecule has 2 heterocycles. The lowest BCUT2D eigenvalue weighted by Gasteiger charge is -2.41. The number of rotatable bonds is 2. The summed E-state index contributed by atoms with van der Waals surface area (Å²) in [4.78, 5) is 5.96. The van der Waals surface area contributed by atoms with E-state index in [1.807, 2.05) is 13.8 Å². The maximum Gasteiger partial charge on any atom is 0.252 e. The van der Waals surface area contributed by atoms with Gasteiger partial charge in [-0.15, -0.1) is 0 Å². The second-order valence-electron chi connectivity index (χ2n) is 4.83. The minimum absolute atomic E-state index is 0.00426. The van der Waals surface area contributed by atoms with Crippen molar-refractivity contribution in [1.82, 2.24) is 9.21 Å². The van der Waals surface area contributed by atoms with Gasteiger partial charge in [-0.25, -0.2) is 17.2 Å². The van der Waals surface area contributed by atoms with Gasteiger partial charge in [0, 0.05) is 5.70 Å². The number of aliphatic imine (C=N–C) groups is 1. The van der Waals surface area contributed by atoms with Crippen LogP contribution in [0.15, 0.2) is 16.3 Å². The Hall–Kier alpha value is -1.02. The number of amidine groups is 1. The van der Waals surface area contributed by atoms with Gasteiger partial charge in [0.15, 0.2) is 0 Å². The van der Waals surface area contributed by atoms with Crippen molar-refractivity contribution in [3.63, 3.8) is 0 Å². The number of hydrogen-bond acceptors (Lipinski definition) is 4. The van der Waals surface area contributed by atoms with E-state index >= 15 is 0 Å². The van der Waals surface area contributed by atoms with E-state index in [2.05, 4.69) is 4.99 Å². The second-order valence-corrected chi connectivity index (χ2v) is 6.77. The average molecular weight is 293 g/mol. The molecular formula is C11H17F2N3O2S. The molecule has 1 atom stereocenters. The van der Waals surface area contributed by atoms with Crippen molar-refractivity contribution in [3.8, 4) is 0 Å². The highest BCUT2D eigenvalue weighted by Gasteiger charge is 2.38. The van der Waals surface area contributed by atoms with Gasteiger partial charge in [0.25, 0.3) is 6.43 Å². The summed E-state index contributed by atoms with van der Waals surface area (Å²) in [5.41, 5.74) is 1.70. The SMILES string of the molecule is CC1=N[C@@H](C)C(C)=C2CN(CC(F)F)S(=O)(=O)CN12. The molecule has 0 saturated carbocycles. The Morgan fingerprint density at radius 2 is 2.05 bits per heavy atom. The number of nitrogens with zero attached hydrogens (tertiary/aromatic N) is 3. The summed E-state index contributed by atoms with van der Waals surface area (Å²) in [5.74, 6) is 0.308. The smallest absolute Gasteiger partial charge is 0.252 e. The molecule has 108 valence electrons. The van der Waals surface area contributed by atoms with E-state index in [4.69, 9.17) is 0 Å². The lowest BCUT2D eigenvalue weighted by Crippen LogP contribution is -2.53. The van der Waals surface area contributed by atoms with Crippen LogP contribution in [0.3, 0.4) is 0 Å². The predicted octanol–water partition coefficient (Wildman–Crippen LogP) is 1.25. The summed E-state index contributed by atoms with van der Waals surface area (Å²) < 4.78 is 49.8. The van der Waals surface area contributed by atoms with E-state index in [0.29, 0.717) is 5.84 Å². The number of sulfonamides is 1. The molecule has 0 bridgehead atoms. The summed E-state index contributed by atoms with van der Waals surface area (Å²) in [7, 11) is -3.70. The zero-order valence-electron chi connectivity index (χ0n) is 11.1. The maximum absolute atomic E-state index is 12.5. The van der Waals surface area contributed by atoms with E-state index in [-0.39, 0.29) is 18.5 Å². The Morgan fingerprint density at radius 1 is 1.42 bits per heavy atom. The van der Waals surface area contributed by atoms with Gasteiger partial charge < -0.3 is 4.90 Å². The Morgan fingerprint density at radius 3 is 2.63 bits per heavy atom. The Kier molecular flexibility index (Phi) is 3.65. The van der Waals surface area contributed by atoms with Gasteiger partial charge in [-0.3, -0.25) is 4.99 Å². The fraction of sp³-hybridized carbons (Fsp3) is 0.727. The van der Waals surface area contributed by atoms with Crippen LogP contribution in [0.1, 0.15) is 20.8 Å². The minimum Gasteiger partial charge on any atom is -0.316 e. The molecule has 2 aliphatic rings. The largest absolute Gasteiger partial charge is 0.316 e. The molecule has 8 heteroatoms. The first-order chi connectivity index (χ1) is 8.72. The highest BCUT2D eigenvalue weighted by atomic mass is 32.2. The molecule has 0 N–H and O–H groups in total. The fourth-order valence-corrected chi connectivity index (χ4v) is 3.81. The molecule has 19 heavy (non-hydrogen) atoms. The number of hydrogen-bond donors (Lipinski definition) is 0. The fourth-order valence-electron chi connectivity index (χ4n) is 2.32. The van der Waals surface area contributed by atoms with Crippen molar-refractivity contribution in [3.05, 3.63) is 11.3 Å². The first kappa shape index (κ1) is 14.4.